The molecule has 0 saturated heterocycles. The Morgan fingerprint density at radius 3 is 2.47 bits per heavy atom. The molecule has 1 amide bonds. The van der Waals surface area contributed by atoms with E-state index in [0.29, 0.717) is 47.9 Å². The summed E-state index contributed by atoms with van der Waals surface area (Å²) < 4.78 is 42.9. The van der Waals surface area contributed by atoms with Crippen molar-refractivity contribution in [1.29, 1.82) is 0 Å². The Labute approximate surface area is 344 Å². The number of esters is 1. The summed E-state index contributed by atoms with van der Waals surface area (Å²) in [5.74, 6) is -0.782. The van der Waals surface area contributed by atoms with E-state index in [2.05, 4.69) is 35.8 Å². The van der Waals surface area contributed by atoms with Crippen LogP contribution in [-0.4, -0.2) is 67.2 Å². The lowest BCUT2D eigenvalue weighted by atomic mass is 9.67. The first kappa shape index (κ1) is 44.1. The Balaban J connectivity index is 1.46. The number of fused-ring (bicyclic) bond motifs is 1. The van der Waals surface area contributed by atoms with Crippen molar-refractivity contribution in [2.75, 3.05) is 44.2 Å². The van der Waals surface area contributed by atoms with Gasteiger partial charge in [0.15, 0.2) is 0 Å². The van der Waals surface area contributed by atoms with Gasteiger partial charge in [0, 0.05) is 37.1 Å². The second-order valence-corrected chi connectivity index (χ2v) is 18.4. The highest BCUT2D eigenvalue weighted by atomic mass is 35.5. The van der Waals surface area contributed by atoms with Gasteiger partial charge in [0.2, 0.25) is 0 Å². The fourth-order valence-corrected chi connectivity index (χ4v) is 10.7. The molecule has 1 fully saturated rings. The topological polar surface area (TPSA) is 113 Å². The van der Waals surface area contributed by atoms with Crippen LogP contribution in [0.3, 0.4) is 0 Å². The van der Waals surface area contributed by atoms with Crippen LogP contribution in [0.1, 0.15) is 86.0 Å². The largest absolute Gasteiger partial charge is 0.490 e. The summed E-state index contributed by atoms with van der Waals surface area (Å²) in [7, 11) is 0.0500. The maximum atomic E-state index is 14.5. The van der Waals surface area contributed by atoms with Gasteiger partial charge in [-0.1, -0.05) is 67.1 Å². The van der Waals surface area contributed by atoms with Crippen LogP contribution in [0.4, 0.5) is 5.69 Å². The highest BCUT2D eigenvalue weighted by Crippen LogP contribution is 2.44. The Morgan fingerprint density at radius 1 is 1.04 bits per heavy atom. The summed E-state index contributed by atoms with van der Waals surface area (Å²) in [4.78, 5) is 27.3. The zero-order valence-electron chi connectivity index (χ0n) is 34.0. The molecule has 0 aliphatic heterocycles. The average Bonchev–Trinajstić information content (AvgIpc) is 3.18. The highest BCUT2D eigenvalue weighted by molar-refractivity contribution is 7.94. The molecule has 3 aromatic rings. The number of aryl methyl sites for hydroxylation is 1. The summed E-state index contributed by atoms with van der Waals surface area (Å²) >= 11 is 6.42. The Hall–Kier alpha value is -3.96. The molecular formula is C46H59ClN2O7S. The quantitative estimate of drug-likeness (QED) is 0.0886. The number of methoxy groups -OCH3 is 2. The summed E-state index contributed by atoms with van der Waals surface area (Å²) in [6.07, 6.45) is 8.16. The van der Waals surface area contributed by atoms with E-state index in [1.54, 1.807) is 45.4 Å². The predicted octanol–water partition coefficient (Wildman–Crippen LogP) is 9.79. The van der Waals surface area contributed by atoms with Crippen molar-refractivity contribution < 1.29 is 32.7 Å². The van der Waals surface area contributed by atoms with Crippen LogP contribution in [0.15, 0.2) is 96.4 Å². The molecule has 11 heteroatoms. The van der Waals surface area contributed by atoms with Gasteiger partial charge in [-0.2, -0.15) is 4.36 Å². The van der Waals surface area contributed by atoms with Gasteiger partial charge >= 0.3 is 5.97 Å². The third-order valence-electron chi connectivity index (χ3n) is 11.8. The van der Waals surface area contributed by atoms with E-state index in [4.69, 9.17) is 30.5 Å². The summed E-state index contributed by atoms with van der Waals surface area (Å²) in [6, 6.07) is 20.5. The van der Waals surface area contributed by atoms with Crippen molar-refractivity contribution in [3.8, 4) is 5.75 Å². The maximum absolute atomic E-state index is 14.5. The number of allylic oxidation sites excluding steroid dienone is 1. The van der Waals surface area contributed by atoms with E-state index in [0.717, 1.165) is 43.2 Å². The number of rotatable bonds is 20. The van der Waals surface area contributed by atoms with Crippen LogP contribution in [0.25, 0.3) is 0 Å². The number of ether oxygens (including phenoxy) is 4. The number of nitrogens with one attached hydrogen (secondary N) is 1. The SMILES string of the molecule is C=CC[C@H](C)C[S@@](=O)(CC(=O)O[C@@H](C)c1ccccc1)=NC(=O)c1ccc(OC[C@@]2(C(C)OC)CCCc3cc(Cl)ccc32)c(NC[C@@H]2CC[C@H]2[C@H](C=C)OC)c1. The molecule has 1 N–H and O–H groups in total. The first-order chi connectivity index (χ1) is 27.3. The number of amides is 1. The van der Waals surface area contributed by atoms with Crippen molar-refractivity contribution in [1.82, 2.24) is 0 Å². The van der Waals surface area contributed by atoms with Gasteiger partial charge in [0.1, 0.15) is 24.2 Å². The molecule has 0 spiro atoms. The lowest BCUT2D eigenvalue weighted by Crippen LogP contribution is -2.46. The fourth-order valence-electron chi connectivity index (χ4n) is 8.34. The Kier molecular flexibility index (Phi) is 15.6. The number of hydrogen-bond acceptors (Lipinski definition) is 8. The van der Waals surface area contributed by atoms with Gasteiger partial charge in [-0.3, -0.25) is 9.59 Å². The normalized spacial score (nSPS) is 21.9. The molecule has 0 bridgehead atoms. The lowest BCUT2D eigenvalue weighted by molar-refractivity contribution is -0.145. The second-order valence-electron chi connectivity index (χ2n) is 15.7. The summed E-state index contributed by atoms with van der Waals surface area (Å²) in [5, 5.41) is 4.28. The minimum atomic E-state index is -3.37. The van der Waals surface area contributed by atoms with Gasteiger partial charge in [0.05, 0.1) is 33.0 Å². The van der Waals surface area contributed by atoms with Gasteiger partial charge in [-0.15, -0.1) is 13.2 Å². The van der Waals surface area contributed by atoms with Crippen LogP contribution in [-0.2, 0) is 40.6 Å². The standard InChI is InChI=1S/C46H59ClN2O7S/c1-8-14-31(3)28-57(52,29-44(50)56-32(4)34-15-11-10-12-16-34)49-45(51)36-19-23-43(41(26-36)48-27-37-18-21-39(37)42(9-2)54-7)55-30-46(33(5)53-6)24-13-17-35-25-38(47)20-22-40(35)46/h8-12,15-16,19-20,22-23,25-26,31-33,37,39,42,48H,1-2,13-14,17-18,21,24,27-30H2,3-7H3/t31-,32-,33?,37-,39+,42-,46+,57+/m0/s1. The molecule has 3 aromatic carbocycles. The van der Waals surface area contributed by atoms with Crippen LogP contribution in [0.2, 0.25) is 5.02 Å². The second kappa shape index (κ2) is 20.1. The first-order valence-electron chi connectivity index (χ1n) is 19.9. The number of halogens is 1. The van der Waals surface area contributed by atoms with Crippen molar-refractivity contribution >= 4 is 38.9 Å². The minimum absolute atomic E-state index is 0.0331. The van der Waals surface area contributed by atoms with E-state index in [9.17, 15) is 13.8 Å². The molecule has 5 rings (SSSR count). The molecule has 0 aromatic heterocycles. The molecular weight excluding hydrogens is 760 g/mol. The van der Waals surface area contributed by atoms with Crippen LogP contribution in [0, 0.1) is 17.8 Å². The van der Waals surface area contributed by atoms with Crippen LogP contribution < -0.4 is 10.1 Å². The van der Waals surface area contributed by atoms with Gasteiger partial charge in [-0.05, 0) is 117 Å². The van der Waals surface area contributed by atoms with Gasteiger partial charge in [-0.25, -0.2) is 4.21 Å². The zero-order valence-corrected chi connectivity index (χ0v) is 35.6. The maximum Gasteiger partial charge on any atom is 0.320 e. The monoisotopic (exact) mass is 818 g/mol. The Morgan fingerprint density at radius 2 is 1.81 bits per heavy atom. The molecule has 1 saturated carbocycles. The molecule has 1 unspecified atom stereocenters. The molecule has 0 heterocycles. The number of anilines is 1. The first-order valence-corrected chi connectivity index (χ1v) is 22.2. The molecule has 0 radical (unpaired) electrons. The zero-order chi connectivity index (χ0) is 41.2. The highest BCUT2D eigenvalue weighted by Gasteiger charge is 2.43. The lowest BCUT2D eigenvalue weighted by Gasteiger charge is -2.43. The Bertz CT molecular complexity index is 2000. The smallest absolute Gasteiger partial charge is 0.320 e. The molecule has 8 atom stereocenters. The van der Waals surface area contributed by atoms with Crippen LogP contribution >= 0.6 is 11.6 Å². The van der Waals surface area contributed by atoms with E-state index >= 15 is 0 Å². The van der Waals surface area contributed by atoms with Crippen LogP contribution in [0.5, 0.6) is 5.75 Å². The number of carbonyl (C=O) groups is 2. The molecule has 57 heavy (non-hydrogen) atoms. The van der Waals surface area contributed by atoms with Crippen molar-refractivity contribution in [3.63, 3.8) is 0 Å². The third kappa shape index (κ3) is 11.0. The number of hydrogen-bond donors (Lipinski definition) is 1. The minimum Gasteiger partial charge on any atom is -0.490 e. The number of benzene rings is 3. The summed E-state index contributed by atoms with van der Waals surface area (Å²) in [6.45, 7) is 14.5. The van der Waals surface area contributed by atoms with E-state index in [1.165, 1.54) is 5.56 Å². The van der Waals surface area contributed by atoms with Gasteiger partial charge in [0.25, 0.3) is 5.91 Å². The average molecular weight is 820 g/mol. The number of nitrogens with zero attached hydrogens (tertiary/aromatic N) is 1. The number of carbonyl (C=O) groups excluding carboxylic acids is 2. The molecule has 2 aliphatic carbocycles. The summed E-state index contributed by atoms with van der Waals surface area (Å²) in [5.41, 5.74) is 3.56. The molecule has 2 aliphatic rings. The van der Waals surface area contributed by atoms with E-state index in [1.807, 2.05) is 55.5 Å². The predicted molar refractivity (Wildman–Crippen MR) is 230 cm³/mol. The third-order valence-corrected chi connectivity index (χ3v) is 14.3. The van der Waals surface area contributed by atoms with Gasteiger partial charge < -0.3 is 24.3 Å². The van der Waals surface area contributed by atoms with E-state index in [-0.39, 0.29) is 29.4 Å². The molecule has 9 nitrogen and oxygen atoms in total. The van der Waals surface area contributed by atoms with Crippen molar-refractivity contribution in [2.45, 2.75) is 83.0 Å². The van der Waals surface area contributed by atoms with Crippen molar-refractivity contribution in [3.05, 3.63) is 119 Å². The van der Waals surface area contributed by atoms with Crippen molar-refractivity contribution in [2.24, 2.45) is 22.1 Å². The fraction of sp³-hybridized carbons (Fsp3) is 0.478. The molecule has 308 valence electrons. The van der Waals surface area contributed by atoms with E-state index < -0.39 is 38.9 Å².